The zero-order chi connectivity index (χ0) is 27.8. The number of fused-ring (bicyclic) bond motifs is 1. The monoisotopic (exact) mass is 544 g/mol. The Bertz CT molecular complexity index is 1600. The lowest BCUT2D eigenvalue weighted by Gasteiger charge is -2.24. The number of hydrogen-bond donors (Lipinski definition) is 1. The molecule has 0 saturated carbocycles. The first-order valence-electron chi connectivity index (χ1n) is 12.4. The Morgan fingerprint density at radius 1 is 0.974 bits per heavy atom. The zero-order valence-electron chi connectivity index (χ0n) is 22.3. The lowest BCUT2D eigenvalue weighted by Crippen LogP contribution is -2.29. The number of anilines is 1. The van der Waals surface area contributed by atoms with Crippen LogP contribution in [0.4, 0.5) is 5.13 Å². The van der Waals surface area contributed by atoms with Crippen molar-refractivity contribution in [1.29, 1.82) is 0 Å². The van der Waals surface area contributed by atoms with Crippen molar-refractivity contribution in [2.75, 3.05) is 26.2 Å². The van der Waals surface area contributed by atoms with Gasteiger partial charge in [-0.05, 0) is 48.7 Å². The molecule has 1 unspecified atom stereocenters. The maximum absolute atomic E-state index is 13.6. The fraction of sp³-hybridized carbons (Fsp3) is 0.233. The number of aryl methyl sites for hydroxylation is 2. The van der Waals surface area contributed by atoms with E-state index in [2.05, 4.69) is 6.92 Å². The van der Waals surface area contributed by atoms with Gasteiger partial charge in [0.05, 0.1) is 43.2 Å². The number of amides is 1. The number of ketones is 1. The smallest absolute Gasteiger partial charge is 0.301 e. The van der Waals surface area contributed by atoms with Crippen LogP contribution in [-0.4, -0.2) is 43.1 Å². The van der Waals surface area contributed by atoms with E-state index < -0.39 is 17.7 Å². The molecule has 9 heteroatoms. The van der Waals surface area contributed by atoms with E-state index in [9.17, 15) is 14.7 Å². The topological polar surface area (TPSA) is 98.2 Å². The molecule has 1 N–H and O–H groups in total. The van der Waals surface area contributed by atoms with Crippen molar-refractivity contribution >= 4 is 44.1 Å². The quantitative estimate of drug-likeness (QED) is 0.178. The van der Waals surface area contributed by atoms with Gasteiger partial charge in [-0.3, -0.25) is 14.5 Å². The summed E-state index contributed by atoms with van der Waals surface area (Å²) in [6.45, 7) is 3.99. The number of methoxy groups -OCH3 is 3. The lowest BCUT2D eigenvalue weighted by atomic mass is 9.94. The van der Waals surface area contributed by atoms with E-state index in [1.807, 2.05) is 37.3 Å². The molecule has 1 fully saturated rings. The van der Waals surface area contributed by atoms with Crippen molar-refractivity contribution in [3.63, 3.8) is 0 Å². The first kappa shape index (κ1) is 26.2. The van der Waals surface area contributed by atoms with E-state index >= 15 is 0 Å². The molecular weight excluding hydrogens is 516 g/mol. The van der Waals surface area contributed by atoms with Crippen molar-refractivity contribution in [1.82, 2.24) is 4.98 Å². The number of aliphatic hydroxyl groups excluding tert-OH is 1. The number of carbonyl (C=O) groups excluding carboxylic acids is 2. The molecule has 0 radical (unpaired) electrons. The second kappa shape index (κ2) is 10.4. The van der Waals surface area contributed by atoms with E-state index in [4.69, 9.17) is 19.2 Å². The molecule has 0 bridgehead atoms. The highest BCUT2D eigenvalue weighted by Gasteiger charge is 2.48. The number of carbonyl (C=O) groups is 2. The van der Waals surface area contributed by atoms with Gasteiger partial charge < -0.3 is 19.3 Å². The van der Waals surface area contributed by atoms with Crippen molar-refractivity contribution < 1.29 is 28.9 Å². The van der Waals surface area contributed by atoms with Crippen LogP contribution in [0.1, 0.15) is 35.2 Å². The predicted octanol–water partition coefficient (Wildman–Crippen LogP) is 5.82. The summed E-state index contributed by atoms with van der Waals surface area (Å²) in [4.78, 5) is 33.3. The third kappa shape index (κ3) is 4.48. The van der Waals surface area contributed by atoms with Gasteiger partial charge in [-0.15, -0.1) is 0 Å². The van der Waals surface area contributed by atoms with Crippen LogP contribution in [0.25, 0.3) is 16.0 Å². The van der Waals surface area contributed by atoms with E-state index in [1.165, 1.54) is 37.6 Å². The molecule has 1 aliphatic heterocycles. The maximum atomic E-state index is 13.6. The van der Waals surface area contributed by atoms with Crippen LogP contribution in [0.15, 0.2) is 60.2 Å². The number of Topliss-reactive ketones (excluding diaryl/α,β-unsaturated/α-hetero) is 1. The lowest BCUT2D eigenvalue weighted by molar-refractivity contribution is -0.132. The average Bonchev–Trinajstić information content (AvgIpc) is 3.49. The van der Waals surface area contributed by atoms with Gasteiger partial charge >= 0.3 is 5.91 Å². The molecule has 3 aromatic carbocycles. The summed E-state index contributed by atoms with van der Waals surface area (Å²) in [6.07, 6.45) is 0.857. The average molecular weight is 545 g/mol. The predicted molar refractivity (Wildman–Crippen MR) is 151 cm³/mol. The van der Waals surface area contributed by atoms with Gasteiger partial charge in [-0.25, -0.2) is 4.98 Å². The van der Waals surface area contributed by atoms with Crippen molar-refractivity contribution in [2.24, 2.45) is 0 Å². The molecule has 1 saturated heterocycles. The fourth-order valence-electron chi connectivity index (χ4n) is 4.75. The summed E-state index contributed by atoms with van der Waals surface area (Å²) in [7, 11) is 4.47. The second-order valence-electron chi connectivity index (χ2n) is 9.15. The molecule has 5 rings (SSSR count). The minimum absolute atomic E-state index is 0.0494. The number of aliphatic hydroxyl groups is 1. The Morgan fingerprint density at radius 2 is 1.64 bits per heavy atom. The van der Waals surface area contributed by atoms with Crippen molar-refractivity contribution in [3.8, 4) is 17.2 Å². The van der Waals surface area contributed by atoms with E-state index in [1.54, 1.807) is 24.3 Å². The molecule has 2 heterocycles. The van der Waals surface area contributed by atoms with Crippen LogP contribution >= 0.6 is 11.3 Å². The highest BCUT2D eigenvalue weighted by atomic mass is 32.1. The number of thiazole rings is 1. The minimum atomic E-state index is -0.994. The first-order valence-corrected chi connectivity index (χ1v) is 13.2. The molecule has 8 nitrogen and oxygen atoms in total. The first-order chi connectivity index (χ1) is 18.8. The van der Waals surface area contributed by atoms with Crippen LogP contribution in [0.3, 0.4) is 0 Å². The van der Waals surface area contributed by atoms with Crippen LogP contribution in [0.2, 0.25) is 0 Å². The van der Waals surface area contributed by atoms with E-state index in [-0.39, 0.29) is 11.3 Å². The van der Waals surface area contributed by atoms with Crippen LogP contribution in [-0.2, 0) is 16.0 Å². The standard InChI is InChI=1S/C30H28N2O6S/c1-6-17-9-12-20-23(13-17)39-30(31-20)32-25(19-14-21(36-3)28(38-5)22(15-19)37-4)24(27(34)29(32)35)26(33)18-10-7-16(2)8-11-18/h7-15,25,33H,6H2,1-5H3. The Balaban J connectivity index is 1.77. The summed E-state index contributed by atoms with van der Waals surface area (Å²) in [5.74, 6) is -0.790. The third-order valence-corrected chi connectivity index (χ3v) is 7.85. The Labute approximate surface area is 230 Å². The zero-order valence-corrected chi connectivity index (χ0v) is 23.1. The number of benzene rings is 3. The molecule has 0 aliphatic carbocycles. The number of hydrogen-bond acceptors (Lipinski definition) is 8. The van der Waals surface area contributed by atoms with Gasteiger partial charge in [-0.1, -0.05) is 54.2 Å². The molecule has 200 valence electrons. The molecule has 1 atom stereocenters. The molecular formula is C30H28N2O6S. The highest BCUT2D eigenvalue weighted by molar-refractivity contribution is 7.22. The van der Waals surface area contributed by atoms with Gasteiger partial charge in [0.2, 0.25) is 5.75 Å². The SMILES string of the molecule is CCc1ccc2nc(N3C(=O)C(=O)C(=C(O)c4ccc(C)cc4)C3c3cc(OC)c(OC)c(OC)c3)sc2c1. The molecule has 39 heavy (non-hydrogen) atoms. The van der Waals surface area contributed by atoms with Gasteiger partial charge in [0.15, 0.2) is 16.6 Å². The van der Waals surface area contributed by atoms with E-state index in [0.717, 1.165) is 27.8 Å². The third-order valence-electron chi connectivity index (χ3n) is 6.83. The molecule has 0 spiro atoms. The molecule has 1 amide bonds. The van der Waals surface area contributed by atoms with Crippen molar-refractivity contribution in [3.05, 3.63) is 82.4 Å². The molecule has 1 aromatic heterocycles. The molecule has 4 aromatic rings. The Morgan fingerprint density at radius 3 is 2.23 bits per heavy atom. The van der Waals surface area contributed by atoms with Crippen LogP contribution < -0.4 is 19.1 Å². The van der Waals surface area contributed by atoms with Gasteiger partial charge in [-0.2, -0.15) is 0 Å². The summed E-state index contributed by atoms with van der Waals surface area (Å²) in [6, 6.07) is 15.4. The number of nitrogens with zero attached hydrogens (tertiary/aromatic N) is 2. The number of ether oxygens (including phenoxy) is 3. The summed E-state index contributed by atoms with van der Waals surface area (Å²) in [5.41, 5.74) is 3.72. The summed E-state index contributed by atoms with van der Waals surface area (Å²) in [5, 5.41) is 11.8. The molecule has 1 aliphatic rings. The highest BCUT2D eigenvalue weighted by Crippen LogP contribution is 2.48. The van der Waals surface area contributed by atoms with Crippen LogP contribution in [0.5, 0.6) is 17.2 Å². The van der Waals surface area contributed by atoms with Crippen molar-refractivity contribution in [2.45, 2.75) is 26.3 Å². The number of rotatable bonds is 7. The Kier molecular flexibility index (Phi) is 7.01. The second-order valence-corrected chi connectivity index (χ2v) is 10.2. The Hall–Kier alpha value is -4.37. The maximum Gasteiger partial charge on any atom is 0.301 e. The van der Waals surface area contributed by atoms with Gasteiger partial charge in [0, 0.05) is 5.56 Å². The normalized spacial score (nSPS) is 16.6. The van der Waals surface area contributed by atoms with Gasteiger partial charge in [0.1, 0.15) is 5.76 Å². The van der Waals surface area contributed by atoms with Gasteiger partial charge in [0.25, 0.3) is 5.78 Å². The summed E-state index contributed by atoms with van der Waals surface area (Å²) < 4.78 is 17.5. The van der Waals surface area contributed by atoms with Crippen LogP contribution in [0, 0.1) is 6.92 Å². The fourth-order valence-corrected chi connectivity index (χ4v) is 5.81. The largest absolute Gasteiger partial charge is 0.507 e. The van der Waals surface area contributed by atoms with E-state index in [0.29, 0.717) is 33.5 Å². The summed E-state index contributed by atoms with van der Waals surface area (Å²) >= 11 is 1.32. The minimum Gasteiger partial charge on any atom is -0.507 e. The number of aromatic nitrogens is 1.